The number of carbonyl (C=O) groups is 2. The van der Waals surface area contributed by atoms with Crippen LogP contribution >= 0.6 is 0 Å². The lowest BCUT2D eigenvalue weighted by atomic mass is 10.00. The van der Waals surface area contributed by atoms with Crippen LogP contribution < -0.4 is 14.2 Å². The highest BCUT2D eigenvalue weighted by Gasteiger charge is 2.40. The zero-order valence-electron chi connectivity index (χ0n) is 24.2. The van der Waals surface area contributed by atoms with Crippen molar-refractivity contribution in [1.82, 2.24) is 4.31 Å². The van der Waals surface area contributed by atoms with E-state index in [-0.39, 0.29) is 25.1 Å². The van der Waals surface area contributed by atoms with Gasteiger partial charge in [0.2, 0.25) is 10.0 Å². The first-order chi connectivity index (χ1) is 21.0. The Morgan fingerprint density at radius 1 is 0.977 bits per heavy atom. The standard InChI is InChI=1S/C31H33F2NO9S/c1-40-28-12-10-20(14-29(28)41-2)9-11-27(21-6-5-7-24(15-21)42-19-30(35)36)43-31(37)26-8-3-4-13-34(26)44(38,39)25-17-22(32)16-23(33)18-25/h5-7,10,12,14-18,26-27H,3-4,8-9,11,13,19H2,1-2H3,(H,35,36)/t26-,27+/m0/s1. The lowest BCUT2D eigenvalue weighted by molar-refractivity contribution is -0.155. The van der Waals surface area contributed by atoms with Crippen molar-refractivity contribution in [2.24, 2.45) is 0 Å². The molecule has 1 saturated heterocycles. The van der Waals surface area contributed by atoms with Crippen LogP contribution in [0.4, 0.5) is 8.78 Å². The van der Waals surface area contributed by atoms with Crippen molar-refractivity contribution in [2.45, 2.75) is 49.1 Å². The molecule has 3 aromatic rings. The van der Waals surface area contributed by atoms with Gasteiger partial charge in [0.1, 0.15) is 29.5 Å². The molecule has 1 aliphatic rings. The van der Waals surface area contributed by atoms with Crippen LogP contribution in [0.3, 0.4) is 0 Å². The highest BCUT2D eigenvalue weighted by atomic mass is 32.2. The van der Waals surface area contributed by atoms with Crippen LogP contribution in [0, 0.1) is 11.6 Å². The molecule has 0 unspecified atom stereocenters. The van der Waals surface area contributed by atoms with E-state index in [2.05, 4.69) is 0 Å². The topological polar surface area (TPSA) is 129 Å². The molecule has 3 aromatic carbocycles. The number of carbonyl (C=O) groups excluding carboxylic acids is 1. The van der Waals surface area contributed by atoms with E-state index in [1.54, 1.807) is 36.4 Å². The average Bonchev–Trinajstić information content (AvgIpc) is 3.01. The number of sulfonamides is 1. The molecule has 1 N–H and O–H groups in total. The van der Waals surface area contributed by atoms with Crippen molar-refractivity contribution in [2.75, 3.05) is 27.4 Å². The van der Waals surface area contributed by atoms with Crippen molar-refractivity contribution in [3.63, 3.8) is 0 Å². The van der Waals surface area contributed by atoms with Crippen molar-refractivity contribution in [3.05, 3.63) is 83.4 Å². The van der Waals surface area contributed by atoms with Gasteiger partial charge in [-0.15, -0.1) is 0 Å². The van der Waals surface area contributed by atoms with Crippen molar-refractivity contribution < 1.29 is 50.8 Å². The minimum atomic E-state index is -4.44. The molecule has 10 nitrogen and oxygen atoms in total. The van der Waals surface area contributed by atoms with Crippen molar-refractivity contribution in [3.8, 4) is 17.2 Å². The summed E-state index contributed by atoms with van der Waals surface area (Å²) in [5.41, 5.74) is 1.34. The van der Waals surface area contributed by atoms with E-state index < -0.39 is 57.2 Å². The second-order valence-corrected chi connectivity index (χ2v) is 12.0. The molecule has 0 spiro atoms. The fraction of sp³-hybridized carbons (Fsp3) is 0.355. The number of aliphatic carboxylic acids is 1. The summed E-state index contributed by atoms with van der Waals surface area (Å²) in [5, 5.41) is 9.00. The zero-order valence-corrected chi connectivity index (χ0v) is 25.0. The number of hydrogen-bond donors (Lipinski definition) is 1. The molecule has 0 aromatic heterocycles. The molecule has 2 atom stereocenters. The highest BCUT2D eigenvalue weighted by molar-refractivity contribution is 7.89. The maximum absolute atomic E-state index is 13.9. The largest absolute Gasteiger partial charge is 0.493 e. The van der Waals surface area contributed by atoms with E-state index in [9.17, 15) is 26.8 Å². The number of benzene rings is 3. The molecule has 4 rings (SSSR count). The third-order valence-corrected chi connectivity index (χ3v) is 9.05. The number of carboxylic acids is 1. The van der Waals surface area contributed by atoms with Gasteiger partial charge < -0.3 is 24.1 Å². The van der Waals surface area contributed by atoms with Gasteiger partial charge in [-0.05, 0) is 79.6 Å². The summed E-state index contributed by atoms with van der Waals surface area (Å²) in [4.78, 5) is 24.1. The van der Waals surface area contributed by atoms with Crippen LogP contribution in [0.25, 0.3) is 0 Å². The molecule has 236 valence electrons. The maximum Gasteiger partial charge on any atom is 0.341 e. The molecular formula is C31H33F2NO9S. The molecule has 0 aliphatic carbocycles. The quantitative estimate of drug-likeness (QED) is 0.261. The van der Waals surface area contributed by atoms with E-state index in [1.807, 2.05) is 6.07 Å². The number of nitrogens with zero attached hydrogens (tertiary/aromatic N) is 1. The molecule has 13 heteroatoms. The van der Waals surface area contributed by atoms with E-state index in [0.717, 1.165) is 9.87 Å². The molecule has 0 amide bonds. The summed E-state index contributed by atoms with van der Waals surface area (Å²) in [6.07, 6.45) is 0.929. The monoisotopic (exact) mass is 633 g/mol. The highest BCUT2D eigenvalue weighted by Crippen LogP contribution is 2.33. The lowest BCUT2D eigenvalue weighted by Crippen LogP contribution is -2.48. The minimum absolute atomic E-state index is 0.0327. The summed E-state index contributed by atoms with van der Waals surface area (Å²) in [7, 11) is -1.41. The molecule has 1 heterocycles. The lowest BCUT2D eigenvalue weighted by Gasteiger charge is -2.34. The number of ether oxygens (including phenoxy) is 4. The van der Waals surface area contributed by atoms with Crippen LogP contribution in [0.2, 0.25) is 0 Å². The Morgan fingerprint density at radius 3 is 2.39 bits per heavy atom. The van der Waals surface area contributed by atoms with Crippen LogP contribution in [0.5, 0.6) is 17.2 Å². The number of piperidine rings is 1. The van der Waals surface area contributed by atoms with Crippen molar-refractivity contribution in [1.29, 1.82) is 0 Å². The Hall–Kier alpha value is -4.23. The fourth-order valence-electron chi connectivity index (χ4n) is 5.04. The smallest absolute Gasteiger partial charge is 0.341 e. The number of carboxylic acid groups (broad SMARTS) is 1. The van der Waals surface area contributed by atoms with Crippen LogP contribution in [0.1, 0.15) is 42.9 Å². The third-order valence-electron chi connectivity index (χ3n) is 7.16. The third kappa shape index (κ3) is 8.03. The van der Waals surface area contributed by atoms with Gasteiger partial charge in [0, 0.05) is 12.6 Å². The predicted octanol–water partition coefficient (Wildman–Crippen LogP) is 4.91. The van der Waals surface area contributed by atoms with Gasteiger partial charge in [0.25, 0.3) is 0 Å². The van der Waals surface area contributed by atoms with Gasteiger partial charge in [0.15, 0.2) is 18.1 Å². The fourth-order valence-corrected chi connectivity index (χ4v) is 6.73. The Balaban J connectivity index is 1.62. The molecule has 0 saturated carbocycles. The first kappa shape index (κ1) is 32.7. The van der Waals surface area contributed by atoms with Gasteiger partial charge >= 0.3 is 11.9 Å². The first-order valence-electron chi connectivity index (χ1n) is 13.9. The zero-order chi connectivity index (χ0) is 31.9. The second-order valence-electron chi connectivity index (χ2n) is 10.1. The average molecular weight is 634 g/mol. The summed E-state index contributed by atoms with van der Waals surface area (Å²) in [6.45, 7) is -0.607. The van der Waals surface area contributed by atoms with Gasteiger partial charge in [0.05, 0.1) is 19.1 Å². The maximum atomic E-state index is 13.9. The number of hydrogen-bond acceptors (Lipinski definition) is 8. The molecule has 1 fully saturated rings. The molecular weight excluding hydrogens is 600 g/mol. The van der Waals surface area contributed by atoms with Crippen LogP contribution in [0.15, 0.2) is 65.6 Å². The van der Waals surface area contributed by atoms with E-state index in [0.29, 0.717) is 54.5 Å². The predicted molar refractivity (Wildman–Crippen MR) is 154 cm³/mol. The molecule has 44 heavy (non-hydrogen) atoms. The first-order valence-corrected chi connectivity index (χ1v) is 15.3. The van der Waals surface area contributed by atoms with Gasteiger partial charge in [-0.1, -0.05) is 18.2 Å². The Labute approximate surface area is 254 Å². The van der Waals surface area contributed by atoms with E-state index >= 15 is 0 Å². The normalized spacial score (nSPS) is 16.1. The summed E-state index contributed by atoms with van der Waals surface area (Å²) >= 11 is 0. The molecule has 0 bridgehead atoms. The van der Waals surface area contributed by atoms with Gasteiger partial charge in [-0.2, -0.15) is 4.31 Å². The Bertz CT molecular complexity index is 1580. The van der Waals surface area contributed by atoms with E-state index in [4.69, 9.17) is 24.1 Å². The number of esters is 1. The van der Waals surface area contributed by atoms with Crippen LogP contribution in [-0.4, -0.2) is 63.2 Å². The van der Waals surface area contributed by atoms with Crippen LogP contribution in [-0.2, 0) is 30.8 Å². The van der Waals surface area contributed by atoms with Gasteiger partial charge in [-0.25, -0.2) is 22.0 Å². The van der Waals surface area contributed by atoms with Gasteiger partial charge in [-0.3, -0.25) is 4.79 Å². The molecule has 1 aliphatic heterocycles. The minimum Gasteiger partial charge on any atom is -0.493 e. The number of aryl methyl sites for hydroxylation is 1. The number of rotatable bonds is 13. The summed E-state index contributed by atoms with van der Waals surface area (Å²) < 4.78 is 77.6. The number of methoxy groups -OCH3 is 2. The Morgan fingerprint density at radius 2 is 1.70 bits per heavy atom. The molecule has 0 radical (unpaired) electrons. The van der Waals surface area contributed by atoms with E-state index in [1.165, 1.54) is 14.2 Å². The van der Waals surface area contributed by atoms with Crippen molar-refractivity contribution >= 4 is 22.0 Å². The Kier molecular flexibility index (Phi) is 10.8. The summed E-state index contributed by atoms with van der Waals surface area (Å²) in [6, 6.07) is 12.6. The SMILES string of the molecule is COc1ccc(CC[C@@H](OC(=O)[C@@H]2CCCCN2S(=O)(=O)c2cc(F)cc(F)c2)c2cccc(OCC(=O)O)c2)cc1OC. The summed E-state index contributed by atoms with van der Waals surface area (Å²) in [5.74, 6) is -2.80. The second kappa shape index (κ2) is 14.5. The number of halogens is 2.